The molecule has 1 rings (SSSR count). The van der Waals surface area contributed by atoms with Crippen LogP contribution in [-0.4, -0.2) is 11.1 Å². The molecule has 1 aromatic carbocycles. The van der Waals surface area contributed by atoms with Gasteiger partial charge in [0.05, 0.1) is 0 Å². The first-order valence-corrected chi connectivity index (χ1v) is 4.24. The number of rotatable bonds is 2. The Hall–Kier alpha value is -1.09. The number of phenols is 1. The molecule has 1 aromatic rings. The molecule has 0 aliphatic heterocycles. The largest absolute Gasteiger partial charge is 0.508 e. The predicted molar refractivity (Wildman–Crippen MR) is 50.2 cm³/mol. The third-order valence-electron chi connectivity index (χ3n) is 1.90. The summed E-state index contributed by atoms with van der Waals surface area (Å²) in [6, 6.07) is 2.69. The van der Waals surface area contributed by atoms with E-state index in [1.165, 1.54) is 12.1 Å². The lowest BCUT2D eigenvalue weighted by Crippen LogP contribution is -2.17. The number of hydrogen-bond donors (Lipinski definition) is 2. The fourth-order valence-corrected chi connectivity index (χ4v) is 1.22. The molecule has 0 amide bonds. The van der Waals surface area contributed by atoms with Crippen LogP contribution in [0.3, 0.4) is 0 Å². The van der Waals surface area contributed by atoms with Crippen molar-refractivity contribution in [2.75, 3.05) is 0 Å². The summed E-state index contributed by atoms with van der Waals surface area (Å²) in [6.45, 7) is 3.43. The van der Waals surface area contributed by atoms with Crippen LogP contribution in [0.2, 0.25) is 0 Å². The lowest BCUT2D eigenvalue weighted by Gasteiger charge is -2.08. The maximum atomic E-state index is 13.1. The van der Waals surface area contributed by atoms with E-state index < -0.39 is 0 Å². The molecule has 1 atom stereocenters. The molecule has 0 saturated heterocycles. The number of aromatic hydroxyl groups is 1. The first kappa shape index (κ1) is 9.99. The minimum absolute atomic E-state index is 0.0759. The van der Waals surface area contributed by atoms with Crippen molar-refractivity contribution in [2.24, 2.45) is 5.73 Å². The molecule has 0 spiro atoms. The van der Waals surface area contributed by atoms with Crippen LogP contribution in [-0.2, 0) is 6.42 Å². The SMILES string of the molecule is Cc1cc(O)c(CC(C)N)cc1F. The number of nitrogens with two attached hydrogens (primary N) is 1. The summed E-state index contributed by atoms with van der Waals surface area (Å²) in [4.78, 5) is 0. The van der Waals surface area contributed by atoms with Crippen molar-refractivity contribution in [3.8, 4) is 5.75 Å². The number of phenolic OH excluding ortho intramolecular Hbond substituents is 1. The average Bonchev–Trinajstić information content (AvgIpc) is 1.99. The van der Waals surface area contributed by atoms with E-state index in [4.69, 9.17) is 5.73 Å². The number of aryl methyl sites for hydroxylation is 1. The first-order chi connectivity index (χ1) is 6.00. The van der Waals surface area contributed by atoms with Crippen LogP contribution in [0.15, 0.2) is 12.1 Å². The van der Waals surface area contributed by atoms with Gasteiger partial charge in [0, 0.05) is 6.04 Å². The molecule has 0 aromatic heterocycles. The monoisotopic (exact) mass is 183 g/mol. The maximum absolute atomic E-state index is 13.1. The molecule has 3 heteroatoms. The zero-order valence-corrected chi connectivity index (χ0v) is 7.84. The molecule has 0 radical (unpaired) electrons. The molecule has 1 unspecified atom stereocenters. The van der Waals surface area contributed by atoms with Gasteiger partial charge in [-0.1, -0.05) is 0 Å². The minimum atomic E-state index is -0.298. The summed E-state index contributed by atoms with van der Waals surface area (Å²) < 4.78 is 13.1. The van der Waals surface area contributed by atoms with E-state index in [0.717, 1.165) is 0 Å². The highest BCUT2D eigenvalue weighted by molar-refractivity contribution is 5.37. The maximum Gasteiger partial charge on any atom is 0.126 e. The highest BCUT2D eigenvalue weighted by atomic mass is 19.1. The molecule has 0 saturated carbocycles. The molecule has 13 heavy (non-hydrogen) atoms. The van der Waals surface area contributed by atoms with Crippen LogP contribution in [0.4, 0.5) is 4.39 Å². The molecular weight excluding hydrogens is 169 g/mol. The lowest BCUT2D eigenvalue weighted by atomic mass is 10.0. The van der Waals surface area contributed by atoms with Crippen LogP contribution >= 0.6 is 0 Å². The Bertz CT molecular complexity index is 310. The van der Waals surface area contributed by atoms with Gasteiger partial charge < -0.3 is 10.8 Å². The summed E-state index contributed by atoms with van der Waals surface area (Å²) in [7, 11) is 0. The van der Waals surface area contributed by atoms with Crippen LogP contribution in [0.1, 0.15) is 18.1 Å². The summed E-state index contributed by atoms with van der Waals surface area (Å²) in [5.41, 5.74) is 6.57. The Balaban J connectivity index is 3.01. The molecule has 0 fully saturated rings. The van der Waals surface area contributed by atoms with Crippen molar-refractivity contribution in [2.45, 2.75) is 26.3 Å². The van der Waals surface area contributed by atoms with Gasteiger partial charge in [-0.3, -0.25) is 0 Å². The van der Waals surface area contributed by atoms with Gasteiger partial charge in [-0.2, -0.15) is 0 Å². The van der Waals surface area contributed by atoms with Crippen molar-refractivity contribution in [3.05, 3.63) is 29.1 Å². The van der Waals surface area contributed by atoms with Gasteiger partial charge in [-0.15, -0.1) is 0 Å². The van der Waals surface area contributed by atoms with Gasteiger partial charge >= 0.3 is 0 Å². The van der Waals surface area contributed by atoms with Gasteiger partial charge in [0.25, 0.3) is 0 Å². The molecule has 0 heterocycles. The normalized spacial score (nSPS) is 12.9. The summed E-state index contributed by atoms with van der Waals surface area (Å²) in [6.07, 6.45) is 0.489. The molecule has 0 aliphatic carbocycles. The van der Waals surface area contributed by atoms with Crippen molar-refractivity contribution in [3.63, 3.8) is 0 Å². The third kappa shape index (κ3) is 2.42. The zero-order valence-electron chi connectivity index (χ0n) is 7.84. The molecule has 3 N–H and O–H groups in total. The van der Waals surface area contributed by atoms with Crippen LogP contribution in [0, 0.1) is 12.7 Å². The lowest BCUT2D eigenvalue weighted by molar-refractivity contribution is 0.462. The Kier molecular flexibility index (Phi) is 2.88. The van der Waals surface area contributed by atoms with Gasteiger partial charge in [-0.25, -0.2) is 4.39 Å². The van der Waals surface area contributed by atoms with Gasteiger partial charge in [0.2, 0.25) is 0 Å². The quantitative estimate of drug-likeness (QED) is 0.733. The molecule has 0 aliphatic rings. The van der Waals surface area contributed by atoms with E-state index in [0.29, 0.717) is 17.5 Å². The van der Waals surface area contributed by atoms with Gasteiger partial charge in [0.1, 0.15) is 11.6 Å². The van der Waals surface area contributed by atoms with Crippen molar-refractivity contribution in [1.29, 1.82) is 0 Å². The molecule has 2 nitrogen and oxygen atoms in total. The number of halogens is 1. The number of hydrogen-bond acceptors (Lipinski definition) is 2. The van der Waals surface area contributed by atoms with E-state index >= 15 is 0 Å². The summed E-state index contributed by atoms with van der Waals surface area (Å²) in [5.74, 6) is -0.176. The topological polar surface area (TPSA) is 46.2 Å². The Morgan fingerprint density at radius 1 is 1.54 bits per heavy atom. The Morgan fingerprint density at radius 2 is 2.15 bits per heavy atom. The third-order valence-corrected chi connectivity index (χ3v) is 1.90. The van der Waals surface area contributed by atoms with Crippen LogP contribution < -0.4 is 5.73 Å². The predicted octanol–water partition coefficient (Wildman–Crippen LogP) is 1.73. The minimum Gasteiger partial charge on any atom is -0.508 e. The fraction of sp³-hybridized carbons (Fsp3) is 0.400. The van der Waals surface area contributed by atoms with E-state index in [1.54, 1.807) is 6.92 Å². The van der Waals surface area contributed by atoms with E-state index in [9.17, 15) is 9.50 Å². The molecule has 0 bridgehead atoms. The summed E-state index contributed by atoms with van der Waals surface area (Å²) >= 11 is 0. The second-order valence-electron chi connectivity index (χ2n) is 3.41. The second kappa shape index (κ2) is 3.75. The second-order valence-corrected chi connectivity index (χ2v) is 3.41. The molecule has 72 valence electrons. The average molecular weight is 183 g/mol. The summed E-state index contributed by atoms with van der Waals surface area (Å²) in [5, 5.41) is 9.44. The fourth-order valence-electron chi connectivity index (χ4n) is 1.22. The standard InChI is InChI=1S/C10H14FNO/c1-6-3-10(13)8(4-7(2)12)5-9(6)11/h3,5,7,13H,4,12H2,1-2H3. The van der Waals surface area contributed by atoms with Crippen molar-refractivity contribution >= 4 is 0 Å². The number of benzene rings is 1. The van der Waals surface area contributed by atoms with Crippen LogP contribution in [0.25, 0.3) is 0 Å². The smallest absolute Gasteiger partial charge is 0.126 e. The van der Waals surface area contributed by atoms with Gasteiger partial charge in [0.15, 0.2) is 0 Å². The van der Waals surface area contributed by atoms with Crippen molar-refractivity contribution < 1.29 is 9.50 Å². The Morgan fingerprint density at radius 3 is 2.69 bits per heavy atom. The first-order valence-electron chi connectivity index (χ1n) is 4.24. The Labute approximate surface area is 77.2 Å². The highest BCUT2D eigenvalue weighted by Gasteiger charge is 2.07. The van der Waals surface area contributed by atoms with Crippen LogP contribution in [0.5, 0.6) is 5.75 Å². The van der Waals surface area contributed by atoms with E-state index in [1.807, 2.05) is 6.92 Å². The molecular formula is C10H14FNO. The van der Waals surface area contributed by atoms with E-state index in [2.05, 4.69) is 0 Å². The van der Waals surface area contributed by atoms with Gasteiger partial charge in [-0.05, 0) is 43.5 Å². The van der Waals surface area contributed by atoms with Crippen molar-refractivity contribution in [1.82, 2.24) is 0 Å². The van der Waals surface area contributed by atoms with E-state index in [-0.39, 0.29) is 17.6 Å². The zero-order chi connectivity index (χ0) is 10.0. The highest BCUT2D eigenvalue weighted by Crippen LogP contribution is 2.22.